The lowest BCUT2D eigenvalue weighted by Crippen LogP contribution is -2.66. The van der Waals surface area contributed by atoms with E-state index in [-0.39, 0.29) is 12.1 Å². The molecular weight excluding hydrogens is 536 g/mol. The Kier molecular flexibility index (Phi) is 10.0. The second kappa shape index (κ2) is 12.1. The molecule has 38 heavy (non-hydrogen) atoms. The molecule has 6 N–H and O–H groups in total. The molecule has 2 aromatic rings. The number of benzene rings is 2. The largest absolute Gasteiger partial charge is 0.394 e. The zero-order chi connectivity index (χ0) is 29.2. The SMILES string of the molecule is C/C=C/CC(O)(Cc1cc(F)c(F)c(F)c1F)[C@@H](O)[C@@](O)(Cc1cc(F)c(F)c(F)c1F)[C@H](O)[C@@H](O)CO. The van der Waals surface area contributed by atoms with E-state index in [4.69, 9.17) is 0 Å². The summed E-state index contributed by atoms with van der Waals surface area (Å²) < 4.78 is 111. The van der Waals surface area contributed by atoms with Crippen LogP contribution in [0.5, 0.6) is 0 Å². The van der Waals surface area contributed by atoms with Gasteiger partial charge < -0.3 is 30.6 Å². The molecule has 0 heterocycles. The summed E-state index contributed by atoms with van der Waals surface area (Å²) >= 11 is 0. The number of rotatable bonds is 11. The lowest BCUT2D eigenvalue weighted by atomic mass is 9.71. The molecule has 212 valence electrons. The number of hydrogen-bond donors (Lipinski definition) is 6. The fourth-order valence-electron chi connectivity index (χ4n) is 4.00. The number of allylic oxidation sites excluding steroid dienone is 1. The van der Waals surface area contributed by atoms with Crippen molar-refractivity contribution in [1.29, 1.82) is 0 Å². The van der Waals surface area contributed by atoms with E-state index in [1.54, 1.807) is 0 Å². The number of hydrogen-bond acceptors (Lipinski definition) is 6. The minimum Gasteiger partial charge on any atom is -0.394 e. The van der Waals surface area contributed by atoms with E-state index < -0.39 is 113 Å². The Hall–Kier alpha value is -2.62. The van der Waals surface area contributed by atoms with Crippen molar-refractivity contribution >= 4 is 0 Å². The third-order valence-electron chi connectivity index (χ3n) is 6.08. The minimum absolute atomic E-state index is 0.0406. The molecule has 2 aromatic carbocycles. The van der Waals surface area contributed by atoms with Crippen LogP contribution in [0.15, 0.2) is 24.3 Å². The van der Waals surface area contributed by atoms with Crippen molar-refractivity contribution in [3.63, 3.8) is 0 Å². The van der Waals surface area contributed by atoms with Gasteiger partial charge in [0, 0.05) is 12.8 Å². The van der Waals surface area contributed by atoms with Gasteiger partial charge in [-0.3, -0.25) is 0 Å². The van der Waals surface area contributed by atoms with Gasteiger partial charge in [0.1, 0.15) is 29.5 Å². The maximum absolute atomic E-state index is 14.4. The maximum Gasteiger partial charge on any atom is 0.197 e. The average Bonchev–Trinajstić information content (AvgIpc) is 2.89. The van der Waals surface area contributed by atoms with Crippen molar-refractivity contribution in [3.05, 3.63) is 81.9 Å². The third-order valence-corrected chi connectivity index (χ3v) is 6.08. The van der Waals surface area contributed by atoms with E-state index in [1.807, 2.05) is 0 Å². The van der Waals surface area contributed by atoms with Crippen molar-refractivity contribution in [2.75, 3.05) is 6.61 Å². The van der Waals surface area contributed by atoms with Crippen LogP contribution in [0.2, 0.25) is 0 Å². The predicted octanol–water partition coefficient (Wildman–Crippen LogP) is 2.09. The van der Waals surface area contributed by atoms with Gasteiger partial charge in [0.25, 0.3) is 0 Å². The van der Waals surface area contributed by atoms with Crippen molar-refractivity contribution in [2.45, 2.75) is 55.7 Å². The molecule has 0 aromatic heterocycles. The van der Waals surface area contributed by atoms with E-state index in [2.05, 4.69) is 0 Å². The van der Waals surface area contributed by atoms with Crippen LogP contribution in [-0.2, 0) is 12.8 Å². The highest BCUT2D eigenvalue weighted by molar-refractivity contribution is 5.28. The summed E-state index contributed by atoms with van der Waals surface area (Å²) in [4.78, 5) is 0. The summed E-state index contributed by atoms with van der Waals surface area (Å²) in [6.07, 6.45) is -9.29. The molecule has 0 saturated carbocycles. The van der Waals surface area contributed by atoms with Crippen molar-refractivity contribution < 1.29 is 65.8 Å². The third kappa shape index (κ3) is 6.00. The summed E-state index contributed by atoms with van der Waals surface area (Å²) in [5.74, 6) is -17.0. The molecule has 0 fully saturated rings. The predicted molar refractivity (Wildman–Crippen MR) is 114 cm³/mol. The molecule has 0 amide bonds. The molecule has 6 nitrogen and oxygen atoms in total. The first-order chi connectivity index (χ1) is 17.5. The molecule has 0 aliphatic rings. The highest BCUT2D eigenvalue weighted by Gasteiger charge is 2.54. The van der Waals surface area contributed by atoms with Gasteiger partial charge in [0.05, 0.1) is 6.61 Å². The molecule has 0 saturated heterocycles. The van der Waals surface area contributed by atoms with Gasteiger partial charge in [-0.15, -0.1) is 0 Å². The van der Waals surface area contributed by atoms with E-state index in [9.17, 15) is 65.8 Å². The highest BCUT2D eigenvalue weighted by Crippen LogP contribution is 2.36. The quantitative estimate of drug-likeness (QED) is 0.108. The van der Waals surface area contributed by atoms with E-state index in [1.165, 1.54) is 13.0 Å². The fraction of sp³-hybridized carbons (Fsp3) is 0.417. The normalized spacial score (nSPS) is 17.8. The molecule has 0 bridgehead atoms. The topological polar surface area (TPSA) is 121 Å². The number of aliphatic hydroxyl groups is 6. The second-order valence-electron chi connectivity index (χ2n) is 8.74. The average molecular weight is 560 g/mol. The van der Waals surface area contributed by atoms with Gasteiger partial charge in [-0.1, -0.05) is 12.2 Å². The molecule has 0 radical (unpaired) electrons. The first-order valence-corrected chi connectivity index (χ1v) is 10.9. The van der Waals surface area contributed by atoms with Crippen LogP contribution in [0.1, 0.15) is 24.5 Å². The van der Waals surface area contributed by atoms with Gasteiger partial charge in [0.15, 0.2) is 46.5 Å². The van der Waals surface area contributed by atoms with Crippen molar-refractivity contribution in [2.24, 2.45) is 0 Å². The standard InChI is InChI=1S/C24H24F8O6/c1-2-3-4-23(37,7-10-5-12(25)17(29)19(31)15(10)27)22(36)24(38,21(35)14(34)9-33)8-11-6-13(26)18(30)20(32)16(11)28/h2-3,5-6,14,21-22,33-38H,4,7-9H2,1H3/b3-2+/t14-,21+,22+,23?,24+/m0/s1. The first-order valence-electron chi connectivity index (χ1n) is 10.9. The molecule has 0 aliphatic carbocycles. The summed E-state index contributed by atoms with van der Waals surface area (Å²) in [7, 11) is 0. The van der Waals surface area contributed by atoms with Crippen LogP contribution >= 0.6 is 0 Å². The Morgan fingerprint density at radius 2 is 1.18 bits per heavy atom. The van der Waals surface area contributed by atoms with Gasteiger partial charge in [0.2, 0.25) is 0 Å². The minimum atomic E-state index is -3.45. The molecule has 5 atom stereocenters. The van der Waals surface area contributed by atoms with E-state index in [0.717, 1.165) is 6.08 Å². The monoisotopic (exact) mass is 560 g/mol. The maximum atomic E-state index is 14.4. The molecule has 1 unspecified atom stereocenters. The van der Waals surface area contributed by atoms with Gasteiger partial charge in [-0.2, -0.15) is 0 Å². The van der Waals surface area contributed by atoms with Crippen LogP contribution in [0.3, 0.4) is 0 Å². The summed E-state index contributed by atoms with van der Waals surface area (Å²) in [5.41, 5.74) is -8.71. The first kappa shape index (κ1) is 31.6. The zero-order valence-electron chi connectivity index (χ0n) is 19.6. The summed E-state index contributed by atoms with van der Waals surface area (Å²) in [6, 6.07) is 0.169. The van der Waals surface area contributed by atoms with E-state index >= 15 is 0 Å². The van der Waals surface area contributed by atoms with Crippen LogP contribution in [0, 0.1) is 46.5 Å². The Bertz CT molecular complexity index is 1200. The molecular formula is C24H24F8O6. The second-order valence-corrected chi connectivity index (χ2v) is 8.74. The molecule has 0 aliphatic heterocycles. The highest BCUT2D eigenvalue weighted by atomic mass is 19.2. The van der Waals surface area contributed by atoms with Gasteiger partial charge in [-0.05, 0) is 36.6 Å². The van der Waals surface area contributed by atoms with Crippen molar-refractivity contribution in [3.8, 4) is 0 Å². The lowest BCUT2D eigenvalue weighted by molar-refractivity contribution is -0.228. The van der Waals surface area contributed by atoms with Crippen LogP contribution in [0.25, 0.3) is 0 Å². The van der Waals surface area contributed by atoms with Gasteiger partial charge >= 0.3 is 0 Å². The Morgan fingerprint density at radius 3 is 1.61 bits per heavy atom. The number of halogens is 8. The van der Waals surface area contributed by atoms with Crippen LogP contribution in [-0.4, -0.2) is 66.8 Å². The Labute approximate surface area is 210 Å². The molecule has 14 heteroatoms. The zero-order valence-corrected chi connectivity index (χ0v) is 19.6. The Morgan fingerprint density at radius 1 is 0.737 bits per heavy atom. The van der Waals surface area contributed by atoms with E-state index in [0.29, 0.717) is 0 Å². The number of aliphatic hydroxyl groups excluding tert-OH is 4. The smallest absolute Gasteiger partial charge is 0.197 e. The Balaban J connectivity index is 2.72. The lowest BCUT2D eigenvalue weighted by Gasteiger charge is -2.46. The summed E-state index contributed by atoms with van der Waals surface area (Å²) in [5, 5.41) is 63.2. The summed E-state index contributed by atoms with van der Waals surface area (Å²) in [6.45, 7) is 0.0712. The molecule has 2 rings (SSSR count). The van der Waals surface area contributed by atoms with Crippen LogP contribution in [0.4, 0.5) is 35.1 Å². The van der Waals surface area contributed by atoms with Gasteiger partial charge in [-0.25, -0.2) is 35.1 Å². The fourth-order valence-corrected chi connectivity index (χ4v) is 4.00. The van der Waals surface area contributed by atoms with Crippen molar-refractivity contribution in [1.82, 2.24) is 0 Å². The van der Waals surface area contributed by atoms with Crippen LogP contribution < -0.4 is 0 Å². The molecule has 0 spiro atoms.